The molecule has 0 amide bonds. The van der Waals surface area contributed by atoms with Crippen LogP contribution in [0.3, 0.4) is 0 Å². The van der Waals surface area contributed by atoms with Gasteiger partial charge in [0.05, 0.1) is 10.9 Å². The number of aromatic nitrogens is 3. The van der Waals surface area contributed by atoms with Gasteiger partial charge in [-0.2, -0.15) is 0 Å². The van der Waals surface area contributed by atoms with Crippen LogP contribution in [0.4, 0.5) is 0 Å². The summed E-state index contributed by atoms with van der Waals surface area (Å²) in [7, 11) is 0. The average Bonchev–Trinajstić information content (AvgIpc) is 3.19. The van der Waals surface area contributed by atoms with E-state index in [1.165, 1.54) is 11.3 Å². The minimum atomic E-state index is -0.317. The standard InChI is InChI=1S/C23H15N3O2S/c27-21-19(17-7-11-25-12-8-17)22(28)26-23-20(21)18(13-29-23)16-3-1-14(2-4-16)15-5-9-24-10-6-15/h1-13H,(H2,26,27,28). The van der Waals surface area contributed by atoms with E-state index in [4.69, 9.17) is 0 Å². The van der Waals surface area contributed by atoms with Crippen LogP contribution in [0.5, 0.6) is 5.75 Å². The van der Waals surface area contributed by atoms with Gasteiger partial charge in [0.1, 0.15) is 10.6 Å². The lowest BCUT2D eigenvalue weighted by atomic mass is 9.99. The zero-order valence-corrected chi connectivity index (χ0v) is 16.0. The number of hydrogen-bond acceptors (Lipinski definition) is 5. The van der Waals surface area contributed by atoms with Gasteiger partial charge in [0.15, 0.2) is 0 Å². The molecular formula is C23H15N3O2S. The predicted octanol–water partition coefficient (Wildman–Crippen LogP) is 5.09. The molecule has 0 fully saturated rings. The van der Waals surface area contributed by atoms with Crippen molar-refractivity contribution in [3.8, 4) is 39.1 Å². The van der Waals surface area contributed by atoms with Crippen molar-refractivity contribution in [2.75, 3.05) is 0 Å². The monoisotopic (exact) mass is 397 g/mol. The van der Waals surface area contributed by atoms with Crippen LogP contribution < -0.4 is 5.56 Å². The molecule has 5 aromatic rings. The molecule has 0 radical (unpaired) electrons. The minimum Gasteiger partial charge on any atom is -0.506 e. The zero-order valence-electron chi connectivity index (χ0n) is 15.2. The van der Waals surface area contributed by atoms with Gasteiger partial charge in [-0.3, -0.25) is 14.8 Å². The SMILES string of the molecule is O=c1[nH]c2scc(-c3ccc(-c4ccncc4)cc3)c2c(O)c1-c1ccncc1. The summed E-state index contributed by atoms with van der Waals surface area (Å²) in [5, 5.41) is 13.6. The van der Waals surface area contributed by atoms with Crippen LogP contribution in [0.25, 0.3) is 43.6 Å². The molecule has 4 heterocycles. The number of nitrogens with zero attached hydrogens (tertiary/aromatic N) is 2. The van der Waals surface area contributed by atoms with Crippen molar-refractivity contribution >= 4 is 21.6 Å². The van der Waals surface area contributed by atoms with Crippen LogP contribution in [0, 0.1) is 0 Å². The Morgan fingerprint density at radius 2 is 1.31 bits per heavy atom. The second-order valence-corrected chi connectivity index (χ2v) is 7.46. The summed E-state index contributed by atoms with van der Waals surface area (Å²) < 4.78 is 0. The number of aromatic amines is 1. The van der Waals surface area contributed by atoms with Crippen molar-refractivity contribution in [3.63, 3.8) is 0 Å². The normalized spacial score (nSPS) is 11.0. The average molecular weight is 397 g/mol. The van der Waals surface area contributed by atoms with Gasteiger partial charge in [-0.1, -0.05) is 24.3 Å². The smallest absolute Gasteiger partial charge is 0.260 e. The molecule has 29 heavy (non-hydrogen) atoms. The van der Waals surface area contributed by atoms with E-state index in [2.05, 4.69) is 15.0 Å². The molecule has 0 bridgehead atoms. The van der Waals surface area contributed by atoms with E-state index >= 15 is 0 Å². The van der Waals surface area contributed by atoms with Gasteiger partial charge in [0.2, 0.25) is 0 Å². The summed E-state index contributed by atoms with van der Waals surface area (Å²) >= 11 is 1.41. The first-order valence-electron chi connectivity index (χ1n) is 9.00. The van der Waals surface area contributed by atoms with Crippen molar-refractivity contribution in [2.45, 2.75) is 0 Å². The second-order valence-electron chi connectivity index (χ2n) is 6.58. The first kappa shape index (κ1) is 17.3. The van der Waals surface area contributed by atoms with Gasteiger partial charge in [-0.25, -0.2) is 0 Å². The Morgan fingerprint density at radius 1 is 0.759 bits per heavy atom. The fourth-order valence-electron chi connectivity index (χ4n) is 3.47. The molecule has 0 aliphatic rings. The maximum absolute atomic E-state index is 12.6. The van der Waals surface area contributed by atoms with Crippen LogP contribution in [-0.2, 0) is 0 Å². The highest BCUT2D eigenvalue weighted by Crippen LogP contribution is 2.41. The molecule has 0 spiro atoms. The highest BCUT2D eigenvalue weighted by Gasteiger charge is 2.18. The van der Waals surface area contributed by atoms with Crippen LogP contribution in [0.15, 0.2) is 83.5 Å². The Kier molecular flexibility index (Phi) is 4.18. The molecule has 0 saturated carbocycles. The highest BCUT2D eigenvalue weighted by atomic mass is 32.1. The fraction of sp³-hybridized carbons (Fsp3) is 0. The van der Waals surface area contributed by atoms with Crippen molar-refractivity contribution in [2.24, 2.45) is 0 Å². The summed E-state index contributed by atoms with van der Waals surface area (Å²) in [4.78, 5) is 24.2. The summed E-state index contributed by atoms with van der Waals surface area (Å²) in [6, 6.07) is 15.5. The molecule has 5 nitrogen and oxygen atoms in total. The molecular weight excluding hydrogens is 382 g/mol. The summed E-state index contributed by atoms with van der Waals surface area (Å²) in [6.07, 6.45) is 6.74. The molecule has 0 unspecified atom stereocenters. The van der Waals surface area contributed by atoms with Crippen molar-refractivity contribution in [1.29, 1.82) is 0 Å². The molecule has 0 saturated heterocycles. The van der Waals surface area contributed by atoms with Gasteiger partial charge in [0.25, 0.3) is 5.56 Å². The van der Waals surface area contributed by atoms with E-state index < -0.39 is 0 Å². The fourth-order valence-corrected chi connectivity index (χ4v) is 4.43. The van der Waals surface area contributed by atoms with Crippen molar-refractivity contribution in [3.05, 3.63) is 89.1 Å². The Morgan fingerprint density at radius 3 is 1.97 bits per heavy atom. The Hall–Kier alpha value is -3.77. The van der Waals surface area contributed by atoms with E-state index in [-0.39, 0.29) is 16.9 Å². The third kappa shape index (κ3) is 2.99. The Labute approximate surface area is 170 Å². The van der Waals surface area contributed by atoms with Crippen molar-refractivity contribution in [1.82, 2.24) is 15.0 Å². The number of benzene rings is 1. The topological polar surface area (TPSA) is 78.9 Å². The quantitative estimate of drug-likeness (QED) is 0.445. The lowest BCUT2D eigenvalue weighted by Crippen LogP contribution is -2.08. The number of nitrogens with one attached hydrogen (secondary N) is 1. The summed E-state index contributed by atoms with van der Waals surface area (Å²) in [5.41, 5.74) is 4.61. The van der Waals surface area contributed by atoms with Crippen molar-refractivity contribution < 1.29 is 5.11 Å². The van der Waals surface area contributed by atoms with E-state index in [0.717, 1.165) is 22.3 Å². The lowest BCUT2D eigenvalue weighted by Gasteiger charge is -2.08. The van der Waals surface area contributed by atoms with E-state index in [0.29, 0.717) is 15.8 Å². The molecule has 0 atom stereocenters. The lowest BCUT2D eigenvalue weighted by molar-refractivity contribution is 0.483. The van der Waals surface area contributed by atoms with Gasteiger partial charge >= 0.3 is 0 Å². The molecule has 6 heteroatoms. The van der Waals surface area contributed by atoms with Gasteiger partial charge in [0, 0.05) is 35.7 Å². The molecule has 0 aliphatic heterocycles. The number of thiophene rings is 1. The highest BCUT2D eigenvalue weighted by molar-refractivity contribution is 7.17. The zero-order chi connectivity index (χ0) is 19.8. The molecule has 4 aromatic heterocycles. The van der Waals surface area contributed by atoms with Gasteiger partial charge < -0.3 is 10.1 Å². The summed E-state index contributed by atoms with van der Waals surface area (Å²) in [6.45, 7) is 0. The Balaban J connectivity index is 1.66. The number of rotatable bonds is 3. The summed E-state index contributed by atoms with van der Waals surface area (Å²) in [5.74, 6) is -0.00981. The largest absolute Gasteiger partial charge is 0.506 e. The number of H-pyrrole nitrogens is 1. The third-order valence-electron chi connectivity index (χ3n) is 4.90. The maximum Gasteiger partial charge on any atom is 0.260 e. The van der Waals surface area contributed by atoms with E-state index in [1.807, 2.05) is 41.8 Å². The first-order chi connectivity index (χ1) is 14.2. The Bertz CT molecular complexity index is 1360. The van der Waals surface area contributed by atoms with Gasteiger partial charge in [-0.05, 0) is 46.5 Å². The molecule has 1 aromatic carbocycles. The van der Waals surface area contributed by atoms with E-state index in [1.54, 1.807) is 36.9 Å². The number of hydrogen-bond donors (Lipinski definition) is 2. The van der Waals surface area contributed by atoms with Crippen LogP contribution >= 0.6 is 11.3 Å². The van der Waals surface area contributed by atoms with Crippen LogP contribution in [-0.4, -0.2) is 20.1 Å². The predicted molar refractivity (Wildman–Crippen MR) is 116 cm³/mol. The van der Waals surface area contributed by atoms with Crippen LogP contribution in [0.2, 0.25) is 0 Å². The molecule has 2 N–H and O–H groups in total. The number of pyridine rings is 3. The third-order valence-corrected chi connectivity index (χ3v) is 5.79. The maximum atomic E-state index is 12.6. The molecule has 5 rings (SSSR count). The first-order valence-corrected chi connectivity index (χ1v) is 9.88. The minimum absolute atomic E-state index is 0.00981. The van der Waals surface area contributed by atoms with E-state index in [9.17, 15) is 9.90 Å². The van der Waals surface area contributed by atoms with Gasteiger partial charge in [-0.15, -0.1) is 11.3 Å². The number of aromatic hydroxyl groups is 1. The van der Waals surface area contributed by atoms with Crippen LogP contribution in [0.1, 0.15) is 0 Å². The molecule has 140 valence electrons. The number of fused-ring (bicyclic) bond motifs is 1. The second kappa shape index (κ2) is 7.00. The molecule has 0 aliphatic carbocycles.